The minimum atomic E-state index is 0.884. The van der Waals surface area contributed by atoms with Gasteiger partial charge in [-0.05, 0) is 110 Å². The summed E-state index contributed by atoms with van der Waals surface area (Å²) >= 11 is 0. The summed E-state index contributed by atoms with van der Waals surface area (Å²) in [5, 5.41) is 9.67. The molecule has 10 rings (SSSR count). The molecular weight excluding hydrogens is 619 g/mol. The molecule has 51 heavy (non-hydrogen) atoms. The summed E-state index contributed by atoms with van der Waals surface area (Å²) in [6.45, 7) is 6.12. The molecule has 0 unspecified atom stereocenters. The quantitative estimate of drug-likeness (QED) is 0.169. The number of hydrogen-bond acceptors (Lipinski definition) is 1. The lowest BCUT2D eigenvalue weighted by molar-refractivity contribution is 0.669. The molecule has 0 aliphatic carbocycles. The summed E-state index contributed by atoms with van der Waals surface area (Å²) < 4.78 is 8.77. The Morgan fingerprint density at radius 3 is 1.55 bits per heavy atom. The Labute approximate surface area is 295 Å². The maximum absolute atomic E-state index is 6.40. The second-order valence-corrected chi connectivity index (χ2v) is 13.3. The maximum atomic E-state index is 6.40. The Hall–Kier alpha value is -6.64. The van der Waals surface area contributed by atoms with Crippen molar-refractivity contribution in [2.75, 3.05) is 0 Å². The second kappa shape index (κ2) is 11.5. The zero-order valence-corrected chi connectivity index (χ0v) is 28.2. The van der Waals surface area contributed by atoms with Crippen LogP contribution < -0.4 is 0 Å². The highest BCUT2D eigenvalue weighted by molar-refractivity contribution is 6.22. The summed E-state index contributed by atoms with van der Waals surface area (Å²) in [7, 11) is 0. The topological polar surface area (TPSA) is 18.1 Å². The lowest BCUT2D eigenvalue weighted by Crippen LogP contribution is -1.94. The van der Waals surface area contributed by atoms with Gasteiger partial charge in [0.25, 0.3) is 0 Å². The molecule has 2 heteroatoms. The molecule has 0 saturated heterocycles. The van der Waals surface area contributed by atoms with Crippen molar-refractivity contribution in [3.63, 3.8) is 0 Å². The molecule has 0 amide bonds. The summed E-state index contributed by atoms with van der Waals surface area (Å²) in [4.78, 5) is 0. The van der Waals surface area contributed by atoms with Crippen molar-refractivity contribution >= 4 is 77.4 Å². The average Bonchev–Trinajstić information content (AvgIpc) is 3.71. The van der Waals surface area contributed by atoms with E-state index in [0.717, 1.165) is 38.8 Å². The van der Waals surface area contributed by atoms with Gasteiger partial charge in [0, 0.05) is 27.2 Å². The van der Waals surface area contributed by atoms with E-state index < -0.39 is 0 Å². The van der Waals surface area contributed by atoms with Crippen LogP contribution in [0.5, 0.6) is 0 Å². The van der Waals surface area contributed by atoms with Crippen LogP contribution in [0.1, 0.15) is 18.1 Å². The van der Waals surface area contributed by atoms with E-state index in [-0.39, 0.29) is 0 Å². The Balaban J connectivity index is 1.18. The Morgan fingerprint density at radius 2 is 0.980 bits per heavy atom. The lowest BCUT2D eigenvalue weighted by atomic mass is 9.85. The normalized spacial score (nSPS) is 12.0. The van der Waals surface area contributed by atoms with E-state index in [0.29, 0.717) is 0 Å². The van der Waals surface area contributed by atoms with E-state index in [1.165, 1.54) is 65.6 Å². The third-order valence-corrected chi connectivity index (χ3v) is 10.5. The number of nitrogens with zero attached hydrogens (tertiary/aromatic N) is 1. The molecule has 0 N–H and O–H groups in total. The number of furan rings is 1. The fourth-order valence-corrected chi connectivity index (χ4v) is 8.24. The molecule has 0 radical (unpaired) electrons. The van der Waals surface area contributed by atoms with Gasteiger partial charge in [0.1, 0.15) is 11.2 Å². The minimum Gasteiger partial charge on any atom is -0.456 e. The summed E-state index contributed by atoms with van der Waals surface area (Å²) in [5.74, 6) is 0. The molecule has 0 aliphatic rings. The van der Waals surface area contributed by atoms with E-state index in [1.54, 1.807) is 0 Å². The fourth-order valence-electron chi connectivity index (χ4n) is 8.24. The predicted molar refractivity (Wildman–Crippen MR) is 219 cm³/mol. The van der Waals surface area contributed by atoms with Crippen LogP contribution in [0.2, 0.25) is 0 Å². The average molecular weight is 652 g/mol. The maximum Gasteiger partial charge on any atom is 0.136 e. The van der Waals surface area contributed by atoms with Gasteiger partial charge >= 0.3 is 0 Å². The van der Waals surface area contributed by atoms with E-state index in [4.69, 9.17) is 4.42 Å². The minimum absolute atomic E-state index is 0.884. The smallest absolute Gasteiger partial charge is 0.136 e. The van der Waals surface area contributed by atoms with Crippen molar-refractivity contribution in [3.05, 3.63) is 175 Å². The van der Waals surface area contributed by atoms with Gasteiger partial charge in [-0.1, -0.05) is 128 Å². The van der Waals surface area contributed by atoms with Crippen molar-refractivity contribution < 1.29 is 4.42 Å². The van der Waals surface area contributed by atoms with E-state index in [1.807, 2.05) is 13.0 Å². The van der Waals surface area contributed by atoms with Crippen LogP contribution in [-0.4, -0.2) is 4.57 Å². The van der Waals surface area contributed by atoms with E-state index in [9.17, 15) is 0 Å². The van der Waals surface area contributed by atoms with Gasteiger partial charge in [-0.25, -0.2) is 0 Å². The van der Waals surface area contributed by atoms with E-state index in [2.05, 4.69) is 175 Å². The van der Waals surface area contributed by atoms with Crippen LogP contribution in [0.4, 0.5) is 0 Å². The highest BCUT2D eigenvalue weighted by Gasteiger charge is 2.19. The van der Waals surface area contributed by atoms with Crippen LogP contribution in [0, 0.1) is 0 Å². The molecule has 2 heterocycles. The molecule has 0 fully saturated rings. The zero-order chi connectivity index (χ0) is 34.1. The number of fused-ring (bicyclic) bond motifs is 8. The lowest BCUT2D eigenvalue weighted by Gasteiger charge is -2.18. The number of rotatable bonds is 5. The highest BCUT2D eigenvalue weighted by Crippen LogP contribution is 2.45. The first kappa shape index (κ1) is 29.3. The third-order valence-electron chi connectivity index (χ3n) is 10.5. The van der Waals surface area contributed by atoms with Crippen LogP contribution in [0.3, 0.4) is 0 Å². The first-order valence-electron chi connectivity index (χ1n) is 17.5. The van der Waals surface area contributed by atoms with Gasteiger partial charge in [0.15, 0.2) is 0 Å². The molecule has 240 valence electrons. The SMILES string of the molecule is C=Cc1cc2c(cc1/C=C\C)oc1ccc(-c3c4ccccc4c(-c4ccc(-n5c6ccccc6c6ccccc65)cc4)c4ccccc34)cc12. The standard InChI is InChI=1S/C49H33NO/c1-3-13-33-30-47-43(28-31(33)4-2)42-29-34(24-27-46(42)51-47)49-40-18-7-5-16-38(40)48(39-17-6-8-19-41(39)49)32-22-25-35(26-23-32)50-44-20-11-9-14-36(44)37-15-10-12-21-45(37)50/h3-30H,2H2,1H3/b13-3-. The second-order valence-electron chi connectivity index (χ2n) is 13.3. The van der Waals surface area contributed by atoms with Gasteiger partial charge in [0.2, 0.25) is 0 Å². The Kier molecular flexibility index (Phi) is 6.59. The summed E-state index contributed by atoms with van der Waals surface area (Å²) in [5.41, 5.74) is 12.4. The molecule has 0 saturated carbocycles. The third kappa shape index (κ3) is 4.43. The number of para-hydroxylation sites is 2. The Morgan fingerprint density at radius 1 is 0.471 bits per heavy atom. The van der Waals surface area contributed by atoms with Gasteiger partial charge in [-0.3, -0.25) is 0 Å². The first-order chi connectivity index (χ1) is 25.2. The zero-order valence-electron chi connectivity index (χ0n) is 28.2. The molecular formula is C49H33NO. The summed E-state index contributed by atoms with van der Waals surface area (Å²) in [6.07, 6.45) is 6.08. The van der Waals surface area contributed by atoms with Gasteiger partial charge in [-0.15, -0.1) is 0 Å². The molecule has 10 aromatic rings. The number of hydrogen-bond donors (Lipinski definition) is 0. The van der Waals surface area contributed by atoms with Crippen LogP contribution in [-0.2, 0) is 0 Å². The molecule has 0 bridgehead atoms. The summed E-state index contributed by atoms with van der Waals surface area (Å²) in [6, 6.07) is 55.1. The number of allylic oxidation sites excluding steroid dienone is 1. The molecule has 2 nitrogen and oxygen atoms in total. The van der Waals surface area contributed by atoms with Crippen molar-refractivity contribution in [2.24, 2.45) is 0 Å². The van der Waals surface area contributed by atoms with Gasteiger partial charge in [0.05, 0.1) is 11.0 Å². The molecule has 0 atom stereocenters. The van der Waals surface area contributed by atoms with Gasteiger partial charge < -0.3 is 8.98 Å². The molecule has 0 aliphatic heterocycles. The van der Waals surface area contributed by atoms with Crippen molar-refractivity contribution in [1.29, 1.82) is 0 Å². The van der Waals surface area contributed by atoms with E-state index >= 15 is 0 Å². The molecule has 8 aromatic carbocycles. The first-order valence-corrected chi connectivity index (χ1v) is 17.5. The van der Waals surface area contributed by atoms with Crippen molar-refractivity contribution in [1.82, 2.24) is 4.57 Å². The number of aromatic nitrogens is 1. The number of benzene rings is 8. The van der Waals surface area contributed by atoms with Crippen molar-refractivity contribution in [3.8, 4) is 27.9 Å². The highest BCUT2D eigenvalue weighted by atomic mass is 16.3. The van der Waals surface area contributed by atoms with Gasteiger partial charge in [-0.2, -0.15) is 0 Å². The Bertz CT molecular complexity index is 2930. The predicted octanol–water partition coefficient (Wildman–Crippen LogP) is 14.0. The van der Waals surface area contributed by atoms with Crippen LogP contribution in [0.25, 0.3) is 105 Å². The fraction of sp³-hybridized carbons (Fsp3) is 0.0204. The monoisotopic (exact) mass is 651 g/mol. The molecule has 0 spiro atoms. The van der Waals surface area contributed by atoms with Crippen LogP contribution in [0.15, 0.2) is 169 Å². The largest absolute Gasteiger partial charge is 0.456 e. The van der Waals surface area contributed by atoms with Crippen LogP contribution >= 0.6 is 0 Å². The van der Waals surface area contributed by atoms with Crippen molar-refractivity contribution in [2.45, 2.75) is 6.92 Å². The molecule has 2 aromatic heterocycles.